The zero-order chi connectivity index (χ0) is 15.5. The summed E-state index contributed by atoms with van der Waals surface area (Å²) >= 11 is 0. The SMILES string of the molecule is CS(=O)(=O)c1cc(N)cc(C(=O)NCC2CCCCC2)c1. The van der Waals surface area contributed by atoms with E-state index in [-0.39, 0.29) is 16.5 Å². The Labute approximate surface area is 125 Å². The van der Waals surface area contributed by atoms with Crippen LogP contribution in [0.1, 0.15) is 42.5 Å². The fraction of sp³-hybridized carbons (Fsp3) is 0.533. The quantitative estimate of drug-likeness (QED) is 0.832. The Bertz CT molecular complexity index is 620. The molecule has 0 aromatic heterocycles. The van der Waals surface area contributed by atoms with Crippen molar-refractivity contribution in [3.63, 3.8) is 0 Å². The van der Waals surface area contributed by atoms with Crippen LogP contribution < -0.4 is 11.1 Å². The Morgan fingerprint density at radius 2 is 1.90 bits per heavy atom. The lowest BCUT2D eigenvalue weighted by Crippen LogP contribution is -2.30. The standard InChI is InChI=1S/C15H22N2O3S/c1-21(19,20)14-8-12(7-13(16)9-14)15(18)17-10-11-5-3-2-4-6-11/h7-9,11H,2-6,10,16H2,1H3,(H,17,18). The minimum Gasteiger partial charge on any atom is -0.399 e. The summed E-state index contributed by atoms with van der Waals surface area (Å²) in [6.45, 7) is 0.641. The summed E-state index contributed by atoms with van der Waals surface area (Å²) in [7, 11) is -3.38. The van der Waals surface area contributed by atoms with Crippen molar-refractivity contribution in [3.05, 3.63) is 23.8 Å². The molecular formula is C15H22N2O3S. The molecule has 0 aliphatic heterocycles. The van der Waals surface area contributed by atoms with Crippen LogP contribution in [0.25, 0.3) is 0 Å². The summed E-state index contributed by atoms with van der Waals surface area (Å²) in [6.07, 6.45) is 7.11. The molecule has 0 saturated heterocycles. The van der Waals surface area contributed by atoms with Gasteiger partial charge in [-0.05, 0) is 37.0 Å². The van der Waals surface area contributed by atoms with Crippen molar-refractivity contribution in [2.75, 3.05) is 18.5 Å². The number of amides is 1. The predicted octanol–water partition coefficient (Wildman–Crippen LogP) is 1.98. The highest BCUT2D eigenvalue weighted by molar-refractivity contribution is 7.90. The summed E-state index contributed by atoms with van der Waals surface area (Å²) < 4.78 is 23.2. The number of carbonyl (C=O) groups is 1. The van der Waals surface area contributed by atoms with Gasteiger partial charge in [-0.15, -0.1) is 0 Å². The number of sulfone groups is 1. The van der Waals surface area contributed by atoms with Gasteiger partial charge >= 0.3 is 0 Å². The van der Waals surface area contributed by atoms with Crippen LogP contribution in [0.15, 0.2) is 23.1 Å². The van der Waals surface area contributed by atoms with Gasteiger partial charge in [-0.25, -0.2) is 8.42 Å². The maximum Gasteiger partial charge on any atom is 0.251 e. The molecule has 1 aromatic carbocycles. The summed E-state index contributed by atoms with van der Waals surface area (Å²) in [4.78, 5) is 12.2. The van der Waals surface area contributed by atoms with Crippen molar-refractivity contribution in [1.82, 2.24) is 5.32 Å². The van der Waals surface area contributed by atoms with Gasteiger partial charge in [0.1, 0.15) is 0 Å². The lowest BCUT2D eigenvalue weighted by atomic mass is 9.89. The molecule has 2 rings (SSSR count). The van der Waals surface area contributed by atoms with Gasteiger partial charge in [-0.3, -0.25) is 4.79 Å². The Kier molecular flexibility index (Phi) is 4.88. The maximum absolute atomic E-state index is 12.2. The predicted molar refractivity (Wildman–Crippen MR) is 82.9 cm³/mol. The number of rotatable bonds is 4. The second-order valence-electron chi connectivity index (χ2n) is 5.78. The second-order valence-corrected chi connectivity index (χ2v) is 7.79. The minimum absolute atomic E-state index is 0.0744. The lowest BCUT2D eigenvalue weighted by molar-refractivity contribution is 0.0943. The number of anilines is 1. The van der Waals surface area contributed by atoms with Crippen molar-refractivity contribution in [2.24, 2.45) is 5.92 Å². The van der Waals surface area contributed by atoms with E-state index in [4.69, 9.17) is 5.73 Å². The smallest absolute Gasteiger partial charge is 0.251 e. The third kappa shape index (κ3) is 4.46. The van der Waals surface area contributed by atoms with Crippen molar-refractivity contribution in [1.29, 1.82) is 0 Å². The molecule has 0 bridgehead atoms. The first-order valence-corrected chi connectivity index (χ1v) is 9.14. The number of nitrogens with one attached hydrogen (secondary N) is 1. The molecule has 1 aliphatic rings. The highest BCUT2D eigenvalue weighted by Crippen LogP contribution is 2.23. The molecule has 1 aromatic rings. The van der Waals surface area contributed by atoms with E-state index >= 15 is 0 Å². The van der Waals surface area contributed by atoms with E-state index in [0.29, 0.717) is 18.0 Å². The maximum atomic E-state index is 12.2. The number of hydrogen-bond donors (Lipinski definition) is 2. The zero-order valence-electron chi connectivity index (χ0n) is 12.3. The molecule has 1 saturated carbocycles. The summed E-state index contributed by atoms with van der Waals surface area (Å²) in [5.74, 6) is 0.260. The highest BCUT2D eigenvalue weighted by Gasteiger charge is 2.16. The number of nitrogens with two attached hydrogens (primary N) is 1. The Balaban J connectivity index is 2.06. The normalized spacial score (nSPS) is 16.6. The monoisotopic (exact) mass is 310 g/mol. The largest absolute Gasteiger partial charge is 0.399 e. The molecule has 1 amide bonds. The molecule has 6 heteroatoms. The molecule has 116 valence electrons. The molecule has 5 nitrogen and oxygen atoms in total. The molecule has 0 heterocycles. The fourth-order valence-corrected chi connectivity index (χ4v) is 3.39. The third-order valence-corrected chi connectivity index (χ3v) is 4.99. The molecule has 0 radical (unpaired) electrons. The number of benzene rings is 1. The van der Waals surface area contributed by atoms with Crippen molar-refractivity contribution >= 4 is 21.4 Å². The topological polar surface area (TPSA) is 89.3 Å². The van der Waals surface area contributed by atoms with E-state index in [0.717, 1.165) is 19.1 Å². The van der Waals surface area contributed by atoms with Crippen LogP contribution in [0.5, 0.6) is 0 Å². The zero-order valence-corrected chi connectivity index (χ0v) is 13.1. The van der Waals surface area contributed by atoms with Crippen LogP contribution in [-0.4, -0.2) is 27.1 Å². The summed E-state index contributed by atoms with van der Waals surface area (Å²) in [5, 5.41) is 2.89. The molecule has 1 aliphatic carbocycles. The summed E-state index contributed by atoms with van der Waals surface area (Å²) in [6, 6.07) is 4.25. The van der Waals surface area contributed by atoms with Crippen LogP contribution in [0, 0.1) is 5.92 Å². The average molecular weight is 310 g/mol. The van der Waals surface area contributed by atoms with E-state index in [2.05, 4.69) is 5.32 Å². The highest BCUT2D eigenvalue weighted by atomic mass is 32.2. The van der Waals surface area contributed by atoms with Gasteiger partial charge in [0.15, 0.2) is 9.84 Å². The van der Waals surface area contributed by atoms with Crippen LogP contribution in [0.3, 0.4) is 0 Å². The first kappa shape index (κ1) is 15.8. The van der Waals surface area contributed by atoms with E-state index < -0.39 is 9.84 Å². The molecule has 21 heavy (non-hydrogen) atoms. The molecule has 0 unspecified atom stereocenters. The lowest BCUT2D eigenvalue weighted by Gasteiger charge is -2.21. The summed E-state index contributed by atoms with van der Waals surface area (Å²) in [5.41, 5.74) is 6.26. The van der Waals surface area contributed by atoms with Crippen molar-refractivity contribution < 1.29 is 13.2 Å². The molecule has 0 spiro atoms. The Morgan fingerprint density at radius 1 is 1.24 bits per heavy atom. The molecule has 0 atom stereocenters. The van der Waals surface area contributed by atoms with Crippen LogP contribution in [0.2, 0.25) is 0 Å². The van der Waals surface area contributed by atoms with E-state index in [9.17, 15) is 13.2 Å². The Morgan fingerprint density at radius 3 is 2.52 bits per heavy atom. The average Bonchev–Trinajstić information content (AvgIpc) is 2.44. The van der Waals surface area contributed by atoms with E-state index in [1.807, 2.05) is 0 Å². The van der Waals surface area contributed by atoms with Crippen molar-refractivity contribution in [2.45, 2.75) is 37.0 Å². The number of carbonyl (C=O) groups excluding carboxylic acids is 1. The first-order valence-electron chi connectivity index (χ1n) is 7.25. The minimum atomic E-state index is -3.38. The van der Waals surface area contributed by atoms with Gasteiger partial charge in [0, 0.05) is 24.1 Å². The van der Waals surface area contributed by atoms with Crippen molar-refractivity contribution in [3.8, 4) is 0 Å². The first-order chi connectivity index (χ1) is 9.86. The Hall–Kier alpha value is -1.56. The fourth-order valence-electron chi connectivity index (χ4n) is 2.70. The van der Waals surface area contributed by atoms with Gasteiger partial charge in [0.25, 0.3) is 5.91 Å². The van der Waals surface area contributed by atoms with Crippen LogP contribution in [-0.2, 0) is 9.84 Å². The molecule has 1 fully saturated rings. The van der Waals surface area contributed by atoms with E-state index in [1.54, 1.807) is 0 Å². The van der Waals surface area contributed by atoms with E-state index in [1.165, 1.54) is 37.5 Å². The third-order valence-electron chi connectivity index (χ3n) is 3.90. The van der Waals surface area contributed by atoms with Crippen LogP contribution >= 0.6 is 0 Å². The molecular weight excluding hydrogens is 288 g/mol. The van der Waals surface area contributed by atoms with Crippen LogP contribution in [0.4, 0.5) is 5.69 Å². The van der Waals surface area contributed by atoms with Gasteiger partial charge in [0.05, 0.1) is 4.90 Å². The van der Waals surface area contributed by atoms with Gasteiger partial charge in [0.2, 0.25) is 0 Å². The van der Waals surface area contributed by atoms with Gasteiger partial charge in [-0.2, -0.15) is 0 Å². The van der Waals surface area contributed by atoms with Gasteiger partial charge in [-0.1, -0.05) is 19.3 Å². The number of hydrogen-bond acceptors (Lipinski definition) is 4. The molecule has 3 N–H and O–H groups in total. The number of nitrogen functional groups attached to an aromatic ring is 1. The second kappa shape index (κ2) is 6.47. The van der Waals surface area contributed by atoms with Gasteiger partial charge < -0.3 is 11.1 Å².